The third-order valence-corrected chi connectivity index (χ3v) is 6.17. The number of guanidine groups is 1. The third-order valence-electron chi connectivity index (χ3n) is 6.17. The Morgan fingerprint density at radius 3 is 2.47 bits per heavy atom. The van der Waals surface area contributed by atoms with Gasteiger partial charge in [-0.05, 0) is 36.6 Å². The van der Waals surface area contributed by atoms with Crippen LogP contribution in [-0.2, 0) is 0 Å². The maximum atomic E-state index is 5.37. The van der Waals surface area contributed by atoms with Crippen LogP contribution in [0.1, 0.15) is 6.42 Å². The maximum Gasteiger partial charge on any atom is 0.193 e. The van der Waals surface area contributed by atoms with E-state index in [0.29, 0.717) is 5.92 Å². The van der Waals surface area contributed by atoms with Crippen LogP contribution in [0.15, 0.2) is 59.6 Å². The van der Waals surface area contributed by atoms with E-state index < -0.39 is 0 Å². The predicted octanol–water partition coefficient (Wildman–Crippen LogP) is 2.92. The third kappa shape index (κ3) is 4.81. The molecular formula is C24H33N5O. The Balaban J connectivity index is 1.25. The van der Waals surface area contributed by atoms with E-state index in [-0.39, 0.29) is 0 Å². The van der Waals surface area contributed by atoms with Gasteiger partial charge in [0.2, 0.25) is 0 Å². The molecule has 2 aromatic rings. The van der Waals surface area contributed by atoms with Gasteiger partial charge in [0.25, 0.3) is 0 Å². The Kier molecular flexibility index (Phi) is 6.62. The number of ether oxygens (including phenoxy) is 1. The van der Waals surface area contributed by atoms with Crippen LogP contribution >= 0.6 is 0 Å². The second-order valence-electron chi connectivity index (χ2n) is 8.04. The molecule has 6 heteroatoms. The van der Waals surface area contributed by atoms with Crippen molar-refractivity contribution in [1.29, 1.82) is 0 Å². The molecule has 0 spiro atoms. The van der Waals surface area contributed by atoms with Crippen molar-refractivity contribution in [2.75, 3.05) is 69.8 Å². The van der Waals surface area contributed by atoms with E-state index in [2.05, 4.69) is 73.5 Å². The van der Waals surface area contributed by atoms with Gasteiger partial charge in [0, 0.05) is 70.3 Å². The molecule has 0 saturated carbocycles. The summed E-state index contributed by atoms with van der Waals surface area (Å²) in [7, 11) is 3.61. The van der Waals surface area contributed by atoms with Crippen LogP contribution in [0.3, 0.4) is 0 Å². The first-order chi connectivity index (χ1) is 14.8. The van der Waals surface area contributed by atoms with E-state index in [1.165, 1.54) is 17.8 Å². The zero-order valence-corrected chi connectivity index (χ0v) is 18.1. The first-order valence-corrected chi connectivity index (χ1v) is 10.9. The molecule has 2 saturated heterocycles. The van der Waals surface area contributed by atoms with Gasteiger partial charge in [-0.25, -0.2) is 0 Å². The van der Waals surface area contributed by atoms with Crippen LogP contribution in [0.25, 0.3) is 0 Å². The minimum absolute atomic E-state index is 0.653. The fourth-order valence-corrected chi connectivity index (χ4v) is 4.42. The number of nitrogens with zero attached hydrogens (tertiary/aromatic N) is 4. The lowest BCUT2D eigenvalue weighted by Gasteiger charge is -2.38. The summed E-state index contributed by atoms with van der Waals surface area (Å²) in [4.78, 5) is 11.8. The van der Waals surface area contributed by atoms with E-state index >= 15 is 0 Å². The van der Waals surface area contributed by atoms with E-state index in [1.54, 1.807) is 7.11 Å². The normalized spacial score (nSPS) is 19.9. The van der Waals surface area contributed by atoms with Gasteiger partial charge in [0.15, 0.2) is 5.96 Å². The maximum absolute atomic E-state index is 5.37. The van der Waals surface area contributed by atoms with Crippen molar-refractivity contribution in [3.8, 4) is 5.75 Å². The number of piperazine rings is 1. The summed E-state index contributed by atoms with van der Waals surface area (Å²) in [5.74, 6) is 2.59. The van der Waals surface area contributed by atoms with Crippen LogP contribution in [0.4, 0.5) is 11.4 Å². The lowest BCUT2D eigenvalue weighted by Crippen LogP contribution is -2.53. The molecule has 6 nitrogen and oxygen atoms in total. The smallest absolute Gasteiger partial charge is 0.193 e. The zero-order valence-electron chi connectivity index (χ0n) is 18.1. The van der Waals surface area contributed by atoms with Crippen molar-refractivity contribution < 1.29 is 4.74 Å². The highest BCUT2D eigenvalue weighted by Crippen LogP contribution is 2.24. The van der Waals surface area contributed by atoms with Gasteiger partial charge in [-0.15, -0.1) is 0 Å². The van der Waals surface area contributed by atoms with Crippen molar-refractivity contribution in [2.24, 2.45) is 10.9 Å². The van der Waals surface area contributed by atoms with E-state index in [4.69, 9.17) is 4.74 Å². The van der Waals surface area contributed by atoms with Gasteiger partial charge in [0.1, 0.15) is 5.75 Å². The first kappa shape index (κ1) is 20.4. The molecule has 0 amide bonds. The molecule has 2 aromatic carbocycles. The summed E-state index contributed by atoms with van der Waals surface area (Å²) in [6.45, 7) is 7.13. The lowest BCUT2D eigenvalue weighted by atomic mass is 10.1. The molecule has 160 valence electrons. The lowest BCUT2D eigenvalue weighted by molar-refractivity contribution is 0.368. The number of nitrogens with one attached hydrogen (secondary N) is 1. The Bertz CT molecular complexity index is 832. The summed E-state index contributed by atoms with van der Waals surface area (Å²) in [6, 6.07) is 19.0. The summed E-state index contributed by atoms with van der Waals surface area (Å²) >= 11 is 0. The SMILES string of the molecule is CN=C(NCC1CCN(c2ccccc2)C1)N1CCN(c2cccc(OC)c2)CC1. The number of hydrogen-bond acceptors (Lipinski definition) is 4. The second kappa shape index (κ2) is 9.74. The molecule has 30 heavy (non-hydrogen) atoms. The summed E-state index contributed by atoms with van der Waals surface area (Å²) in [6.07, 6.45) is 1.22. The standard InChI is InChI=1S/C24H33N5O/c1-25-24(26-18-20-11-12-29(19-20)21-7-4-3-5-8-21)28-15-13-27(14-16-28)22-9-6-10-23(17-22)30-2/h3-10,17,20H,11-16,18-19H2,1-2H3,(H,25,26). The minimum atomic E-state index is 0.653. The molecule has 4 rings (SSSR count). The average Bonchev–Trinajstić information content (AvgIpc) is 3.30. The molecule has 1 atom stereocenters. The number of methoxy groups -OCH3 is 1. The second-order valence-corrected chi connectivity index (χ2v) is 8.04. The Labute approximate surface area is 180 Å². The van der Waals surface area contributed by atoms with Gasteiger partial charge in [0.05, 0.1) is 7.11 Å². The van der Waals surface area contributed by atoms with E-state index in [0.717, 1.165) is 57.5 Å². The first-order valence-electron chi connectivity index (χ1n) is 10.9. The molecule has 2 fully saturated rings. The molecule has 0 bridgehead atoms. The molecule has 1 N–H and O–H groups in total. The van der Waals surface area contributed by atoms with Crippen molar-refractivity contribution >= 4 is 17.3 Å². The fourth-order valence-electron chi connectivity index (χ4n) is 4.42. The highest BCUT2D eigenvalue weighted by atomic mass is 16.5. The summed E-state index contributed by atoms with van der Waals surface area (Å²) in [5, 5.41) is 3.64. The fraction of sp³-hybridized carbons (Fsp3) is 0.458. The number of anilines is 2. The monoisotopic (exact) mass is 407 g/mol. The number of rotatable bonds is 5. The minimum Gasteiger partial charge on any atom is -0.497 e. The molecule has 0 radical (unpaired) electrons. The van der Waals surface area contributed by atoms with Gasteiger partial charge >= 0.3 is 0 Å². The van der Waals surface area contributed by atoms with Crippen LogP contribution in [0, 0.1) is 5.92 Å². The highest BCUT2D eigenvalue weighted by Gasteiger charge is 2.24. The van der Waals surface area contributed by atoms with Crippen molar-refractivity contribution in [2.45, 2.75) is 6.42 Å². The summed E-state index contributed by atoms with van der Waals surface area (Å²) < 4.78 is 5.37. The Morgan fingerprint density at radius 2 is 1.73 bits per heavy atom. The molecule has 0 aliphatic carbocycles. The molecule has 2 aliphatic heterocycles. The number of aliphatic imine (C=N–C) groups is 1. The number of benzene rings is 2. The Morgan fingerprint density at radius 1 is 0.967 bits per heavy atom. The Hall–Kier alpha value is -2.89. The van der Waals surface area contributed by atoms with Crippen LogP contribution in [-0.4, -0.2) is 70.8 Å². The van der Waals surface area contributed by atoms with Gasteiger partial charge in [-0.1, -0.05) is 24.3 Å². The molecule has 0 aromatic heterocycles. The van der Waals surface area contributed by atoms with E-state index in [1.807, 2.05) is 13.1 Å². The molecular weight excluding hydrogens is 374 g/mol. The molecule has 2 aliphatic rings. The molecule has 2 heterocycles. The topological polar surface area (TPSA) is 43.3 Å². The quantitative estimate of drug-likeness (QED) is 0.610. The molecule has 1 unspecified atom stereocenters. The largest absolute Gasteiger partial charge is 0.497 e. The average molecular weight is 408 g/mol. The van der Waals surface area contributed by atoms with Crippen LogP contribution in [0.5, 0.6) is 5.75 Å². The highest BCUT2D eigenvalue weighted by molar-refractivity contribution is 5.80. The zero-order chi connectivity index (χ0) is 20.8. The summed E-state index contributed by atoms with van der Waals surface area (Å²) in [5.41, 5.74) is 2.56. The number of para-hydroxylation sites is 1. The van der Waals surface area contributed by atoms with Gasteiger partial charge < -0.3 is 24.8 Å². The number of hydrogen-bond donors (Lipinski definition) is 1. The van der Waals surface area contributed by atoms with Crippen molar-refractivity contribution in [3.63, 3.8) is 0 Å². The van der Waals surface area contributed by atoms with Gasteiger partial charge in [-0.2, -0.15) is 0 Å². The van der Waals surface area contributed by atoms with Crippen LogP contribution < -0.4 is 19.9 Å². The van der Waals surface area contributed by atoms with Gasteiger partial charge in [-0.3, -0.25) is 4.99 Å². The van der Waals surface area contributed by atoms with Crippen molar-refractivity contribution in [3.05, 3.63) is 54.6 Å². The van der Waals surface area contributed by atoms with Crippen LogP contribution in [0.2, 0.25) is 0 Å². The van der Waals surface area contributed by atoms with Crippen molar-refractivity contribution in [1.82, 2.24) is 10.2 Å². The van der Waals surface area contributed by atoms with E-state index in [9.17, 15) is 0 Å². The predicted molar refractivity (Wildman–Crippen MR) is 125 cm³/mol.